The van der Waals surface area contributed by atoms with E-state index in [1.165, 1.54) is 43.2 Å². The van der Waals surface area contributed by atoms with Crippen molar-refractivity contribution >= 4 is 0 Å². The topological polar surface area (TPSA) is 21.3 Å². The summed E-state index contributed by atoms with van der Waals surface area (Å²) in [6, 6.07) is 7.39. The largest absolute Gasteiger partial charge is 0.490 e. The molecule has 1 atom stereocenters. The number of benzene rings is 1. The molecule has 3 rings (SSSR count). The van der Waals surface area contributed by atoms with Gasteiger partial charge in [0.05, 0.1) is 0 Å². The Labute approximate surface area is 110 Å². The Kier molecular flexibility index (Phi) is 3.55. The molecule has 1 saturated carbocycles. The molecule has 1 unspecified atom stereocenters. The van der Waals surface area contributed by atoms with Crippen molar-refractivity contribution < 1.29 is 4.74 Å². The Balaban J connectivity index is 1.58. The van der Waals surface area contributed by atoms with Crippen LogP contribution >= 0.6 is 0 Å². The first-order valence-electron chi connectivity index (χ1n) is 7.33. The van der Waals surface area contributed by atoms with E-state index in [4.69, 9.17) is 4.74 Å². The van der Waals surface area contributed by atoms with Crippen LogP contribution in [-0.4, -0.2) is 12.1 Å². The van der Waals surface area contributed by atoms with Gasteiger partial charge in [0.25, 0.3) is 0 Å². The lowest BCUT2D eigenvalue weighted by Crippen LogP contribution is -2.30. The average Bonchev–Trinajstić information content (AvgIpc) is 2.77. The van der Waals surface area contributed by atoms with Crippen molar-refractivity contribution in [1.82, 2.24) is 5.32 Å². The molecule has 0 amide bonds. The van der Waals surface area contributed by atoms with Gasteiger partial charge in [-0.3, -0.25) is 0 Å². The lowest BCUT2D eigenvalue weighted by molar-refractivity contribution is 0.254. The minimum Gasteiger partial charge on any atom is -0.490 e. The fourth-order valence-corrected chi connectivity index (χ4v) is 3.15. The standard InChI is InChI=1S/C16H23NO/c1-12-9-14-10-13(7-8-16(14)18-12)11-17-15-5-3-2-4-6-15/h7-8,10,12,15,17H,2-6,9,11H2,1H3. The number of hydrogen-bond acceptors (Lipinski definition) is 2. The van der Waals surface area contributed by atoms with E-state index < -0.39 is 0 Å². The van der Waals surface area contributed by atoms with Gasteiger partial charge >= 0.3 is 0 Å². The summed E-state index contributed by atoms with van der Waals surface area (Å²) in [6.45, 7) is 3.15. The van der Waals surface area contributed by atoms with E-state index in [-0.39, 0.29) is 0 Å². The van der Waals surface area contributed by atoms with Gasteiger partial charge in [0, 0.05) is 19.0 Å². The third-order valence-corrected chi connectivity index (χ3v) is 4.16. The van der Waals surface area contributed by atoms with Crippen LogP contribution in [0.15, 0.2) is 18.2 Å². The van der Waals surface area contributed by atoms with Gasteiger partial charge in [-0.25, -0.2) is 0 Å². The van der Waals surface area contributed by atoms with E-state index in [0.29, 0.717) is 6.10 Å². The molecule has 0 bridgehead atoms. The molecule has 0 saturated heterocycles. The zero-order chi connectivity index (χ0) is 12.4. The molecule has 1 aromatic carbocycles. The van der Waals surface area contributed by atoms with E-state index in [1.54, 1.807) is 0 Å². The maximum atomic E-state index is 5.74. The monoisotopic (exact) mass is 245 g/mol. The SMILES string of the molecule is CC1Cc2cc(CNC3CCCCC3)ccc2O1. The normalized spacial score (nSPS) is 23.7. The summed E-state index contributed by atoms with van der Waals surface area (Å²) in [4.78, 5) is 0. The van der Waals surface area contributed by atoms with Gasteiger partial charge in [-0.05, 0) is 37.0 Å². The highest BCUT2D eigenvalue weighted by Gasteiger charge is 2.19. The highest BCUT2D eigenvalue weighted by molar-refractivity contribution is 5.40. The van der Waals surface area contributed by atoms with Crippen LogP contribution in [0.25, 0.3) is 0 Å². The van der Waals surface area contributed by atoms with Crippen molar-refractivity contribution in [2.24, 2.45) is 0 Å². The average molecular weight is 245 g/mol. The molecule has 0 spiro atoms. The summed E-state index contributed by atoms with van der Waals surface area (Å²) in [5.74, 6) is 1.09. The van der Waals surface area contributed by atoms with Crippen LogP contribution in [0.1, 0.15) is 50.2 Å². The smallest absolute Gasteiger partial charge is 0.123 e. The molecule has 1 aliphatic heterocycles. The fraction of sp³-hybridized carbons (Fsp3) is 0.625. The van der Waals surface area contributed by atoms with Crippen LogP contribution in [-0.2, 0) is 13.0 Å². The second-order valence-electron chi connectivity index (χ2n) is 5.79. The molecule has 2 nitrogen and oxygen atoms in total. The first-order chi connectivity index (χ1) is 8.81. The Morgan fingerprint density at radius 3 is 2.89 bits per heavy atom. The van der Waals surface area contributed by atoms with Gasteiger partial charge in [0.1, 0.15) is 11.9 Å². The number of hydrogen-bond donors (Lipinski definition) is 1. The van der Waals surface area contributed by atoms with Crippen LogP contribution in [0, 0.1) is 0 Å². The van der Waals surface area contributed by atoms with Crippen LogP contribution in [0.2, 0.25) is 0 Å². The summed E-state index contributed by atoms with van der Waals surface area (Å²) in [5.41, 5.74) is 2.78. The van der Waals surface area contributed by atoms with E-state index in [0.717, 1.165) is 24.8 Å². The maximum Gasteiger partial charge on any atom is 0.123 e. The lowest BCUT2D eigenvalue weighted by Gasteiger charge is -2.22. The highest BCUT2D eigenvalue weighted by Crippen LogP contribution is 2.29. The van der Waals surface area contributed by atoms with Gasteiger partial charge in [-0.15, -0.1) is 0 Å². The maximum absolute atomic E-state index is 5.74. The van der Waals surface area contributed by atoms with Crippen LogP contribution in [0.4, 0.5) is 0 Å². The zero-order valence-corrected chi connectivity index (χ0v) is 11.2. The minimum atomic E-state index is 0.349. The van der Waals surface area contributed by atoms with E-state index in [2.05, 4.69) is 30.4 Å². The predicted octanol–water partition coefficient (Wildman–Crippen LogP) is 3.43. The predicted molar refractivity (Wildman–Crippen MR) is 73.9 cm³/mol. The summed E-state index contributed by atoms with van der Waals surface area (Å²) in [5, 5.41) is 3.70. The summed E-state index contributed by atoms with van der Waals surface area (Å²) in [7, 11) is 0. The molecule has 0 radical (unpaired) electrons. The summed E-state index contributed by atoms with van der Waals surface area (Å²) in [6.07, 6.45) is 8.33. The van der Waals surface area contributed by atoms with Gasteiger partial charge in [-0.2, -0.15) is 0 Å². The van der Waals surface area contributed by atoms with Gasteiger partial charge in [-0.1, -0.05) is 31.4 Å². The molecule has 2 aliphatic rings. The summed E-state index contributed by atoms with van der Waals surface area (Å²) >= 11 is 0. The molecular weight excluding hydrogens is 222 g/mol. The molecule has 2 heteroatoms. The van der Waals surface area contributed by atoms with Crippen LogP contribution in [0.5, 0.6) is 5.75 Å². The van der Waals surface area contributed by atoms with Crippen molar-refractivity contribution in [3.63, 3.8) is 0 Å². The van der Waals surface area contributed by atoms with Crippen molar-refractivity contribution in [3.8, 4) is 5.75 Å². The Morgan fingerprint density at radius 2 is 2.06 bits per heavy atom. The molecule has 1 aliphatic carbocycles. The van der Waals surface area contributed by atoms with E-state index >= 15 is 0 Å². The van der Waals surface area contributed by atoms with Crippen molar-refractivity contribution in [3.05, 3.63) is 29.3 Å². The Morgan fingerprint density at radius 1 is 1.22 bits per heavy atom. The van der Waals surface area contributed by atoms with Gasteiger partial charge in [0.2, 0.25) is 0 Å². The third-order valence-electron chi connectivity index (χ3n) is 4.16. The minimum absolute atomic E-state index is 0.349. The number of ether oxygens (including phenoxy) is 1. The van der Waals surface area contributed by atoms with Gasteiger partial charge < -0.3 is 10.1 Å². The third kappa shape index (κ3) is 2.69. The molecule has 1 fully saturated rings. The van der Waals surface area contributed by atoms with Crippen LogP contribution in [0.3, 0.4) is 0 Å². The fourth-order valence-electron chi connectivity index (χ4n) is 3.15. The Bertz CT molecular complexity index is 410. The molecule has 18 heavy (non-hydrogen) atoms. The first-order valence-corrected chi connectivity index (χ1v) is 7.33. The molecule has 98 valence electrons. The molecular formula is C16H23NO. The van der Waals surface area contributed by atoms with Crippen molar-refractivity contribution in [2.75, 3.05) is 0 Å². The van der Waals surface area contributed by atoms with E-state index in [9.17, 15) is 0 Å². The quantitative estimate of drug-likeness (QED) is 0.881. The van der Waals surface area contributed by atoms with Crippen LogP contribution < -0.4 is 10.1 Å². The molecule has 1 aromatic rings. The molecule has 1 heterocycles. The van der Waals surface area contributed by atoms with Gasteiger partial charge in [0.15, 0.2) is 0 Å². The second kappa shape index (κ2) is 5.31. The van der Waals surface area contributed by atoms with Crippen molar-refractivity contribution in [1.29, 1.82) is 0 Å². The summed E-state index contributed by atoms with van der Waals surface area (Å²) < 4.78 is 5.74. The van der Waals surface area contributed by atoms with E-state index in [1.807, 2.05) is 0 Å². The zero-order valence-electron chi connectivity index (χ0n) is 11.2. The lowest BCUT2D eigenvalue weighted by atomic mass is 9.95. The first kappa shape index (κ1) is 12.0. The number of rotatable bonds is 3. The van der Waals surface area contributed by atoms with Crippen molar-refractivity contribution in [2.45, 2.75) is 64.1 Å². The number of nitrogens with one attached hydrogen (secondary N) is 1. The number of fused-ring (bicyclic) bond motifs is 1. The molecule has 0 aromatic heterocycles. The second-order valence-corrected chi connectivity index (χ2v) is 5.79. The Hall–Kier alpha value is -1.02. The highest BCUT2D eigenvalue weighted by atomic mass is 16.5. The molecule has 1 N–H and O–H groups in total.